The molecule has 2 heterocycles. The van der Waals surface area contributed by atoms with Crippen LogP contribution in [0, 0.1) is 11.8 Å². The Bertz CT molecular complexity index is 1210. The monoisotopic (exact) mass is 503 g/mol. The summed E-state index contributed by atoms with van der Waals surface area (Å²) in [6, 6.07) is 16.0. The molecule has 0 atom stereocenters. The Morgan fingerprint density at radius 1 is 1.08 bits per heavy atom. The van der Waals surface area contributed by atoms with Gasteiger partial charge in [0.15, 0.2) is 17.4 Å². The molecule has 3 aromatic rings. The summed E-state index contributed by atoms with van der Waals surface area (Å²) in [5.41, 5.74) is 8.45. The number of ketones is 1. The van der Waals surface area contributed by atoms with E-state index < -0.39 is 0 Å². The van der Waals surface area contributed by atoms with Gasteiger partial charge in [-0.3, -0.25) is 9.59 Å². The molecule has 1 aliphatic rings. The number of rotatable bonds is 11. The number of carbonyl (C=O) groups excluding carboxylic acids is 2. The van der Waals surface area contributed by atoms with Crippen LogP contribution in [0.4, 0.5) is 0 Å². The van der Waals surface area contributed by atoms with Gasteiger partial charge in [0.25, 0.3) is 0 Å². The van der Waals surface area contributed by atoms with Crippen LogP contribution in [-0.4, -0.2) is 58.1 Å². The summed E-state index contributed by atoms with van der Waals surface area (Å²) in [6.45, 7) is 7.04. The topological polar surface area (TPSA) is 103 Å². The third-order valence-electron chi connectivity index (χ3n) is 6.88. The van der Waals surface area contributed by atoms with E-state index in [9.17, 15) is 9.59 Å². The second-order valence-electron chi connectivity index (χ2n) is 10.3. The third-order valence-corrected chi connectivity index (χ3v) is 6.88. The van der Waals surface area contributed by atoms with Crippen molar-refractivity contribution in [3.05, 3.63) is 54.1 Å². The molecule has 0 aliphatic carbocycles. The maximum Gasteiger partial charge on any atom is 0.220 e. The second kappa shape index (κ2) is 12.1. The first-order chi connectivity index (χ1) is 17.8. The molecule has 1 fully saturated rings. The normalized spacial score (nSPS) is 14.7. The minimum atomic E-state index is -0.176. The number of carbonyl (C=O) groups is 2. The fraction of sp³-hybridized carbons (Fsp3) is 0.448. The van der Waals surface area contributed by atoms with E-state index in [4.69, 9.17) is 20.6 Å². The maximum absolute atomic E-state index is 12.6. The van der Waals surface area contributed by atoms with E-state index in [1.54, 1.807) is 11.8 Å². The highest BCUT2D eigenvalue weighted by atomic mass is 16.5. The molecule has 0 spiro atoms. The van der Waals surface area contributed by atoms with Gasteiger partial charge >= 0.3 is 0 Å². The van der Waals surface area contributed by atoms with Crippen LogP contribution in [0.25, 0.3) is 22.8 Å². The Labute approximate surface area is 218 Å². The number of piperidine rings is 1. The fourth-order valence-corrected chi connectivity index (χ4v) is 4.79. The van der Waals surface area contributed by atoms with Crippen molar-refractivity contribution >= 4 is 11.7 Å². The molecule has 196 valence electrons. The third kappa shape index (κ3) is 7.04. The molecule has 8 nitrogen and oxygen atoms in total. The molecule has 4 rings (SSSR count). The van der Waals surface area contributed by atoms with Gasteiger partial charge in [-0.1, -0.05) is 50.2 Å². The van der Waals surface area contributed by atoms with Gasteiger partial charge in [0, 0.05) is 30.0 Å². The number of primary amides is 1. The molecule has 2 N–H and O–H groups in total. The number of likely N-dealkylation sites (tertiary alicyclic amines) is 1. The largest absolute Gasteiger partial charge is 0.497 e. The Hall–Kier alpha value is -3.52. The molecule has 37 heavy (non-hydrogen) atoms. The number of nitrogens with zero attached hydrogens (tertiary/aromatic N) is 4. The smallest absolute Gasteiger partial charge is 0.220 e. The number of ether oxygens (including phenoxy) is 1. The van der Waals surface area contributed by atoms with Crippen molar-refractivity contribution in [1.82, 2.24) is 19.7 Å². The van der Waals surface area contributed by atoms with Gasteiger partial charge in [0.1, 0.15) is 12.3 Å². The molecule has 1 amide bonds. The summed E-state index contributed by atoms with van der Waals surface area (Å²) in [4.78, 5) is 31.2. The average Bonchev–Trinajstić information content (AvgIpc) is 3.31. The predicted molar refractivity (Wildman–Crippen MR) is 144 cm³/mol. The van der Waals surface area contributed by atoms with Gasteiger partial charge in [-0.2, -0.15) is 0 Å². The number of hydrogen-bond donors (Lipinski definition) is 1. The lowest BCUT2D eigenvalue weighted by atomic mass is 9.96. The van der Waals surface area contributed by atoms with E-state index in [0.717, 1.165) is 55.8 Å². The molecule has 0 saturated carbocycles. The number of methoxy groups -OCH3 is 1. The van der Waals surface area contributed by atoms with Crippen LogP contribution in [-0.2, 0) is 22.6 Å². The Morgan fingerprint density at radius 2 is 1.81 bits per heavy atom. The molecule has 0 unspecified atom stereocenters. The summed E-state index contributed by atoms with van der Waals surface area (Å²) in [7, 11) is 1.63. The average molecular weight is 504 g/mol. The first-order valence-corrected chi connectivity index (χ1v) is 13.0. The SMILES string of the molecule is COc1cccc(-c2nc(-c3ccc(CCN4CCC(C(N)=O)CC4)cc3)nn2CC(=O)CC(C)C)c1. The molecule has 0 radical (unpaired) electrons. The molecule has 1 saturated heterocycles. The summed E-state index contributed by atoms with van der Waals surface area (Å²) in [6.07, 6.45) is 3.12. The van der Waals surface area contributed by atoms with Crippen molar-refractivity contribution in [3.63, 3.8) is 0 Å². The Balaban J connectivity index is 1.48. The van der Waals surface area contributed by atoms with Crippen molar-refractivity contribution in [2.75, 3.05) is 26.7 Å². The van der Waals surface area contributed by atoms with E-state index in [2.05, 4.69) is 17.0 Å². The minimum Gasteiger partial charge on any atom is -0.497 e. The van der Waals surface area contributed by atoms with Crippen molar-refractivity contribution in [2.24, 2.45) is 17.6 Å². The molecule has 2 aromatic carbocycles. The molecular weight excluding hydrogens is 466 g/mol. The highest BCUT2D eigenvalue weighted by Crippen LogP contribution is 2.26. The zero-order valence-corrected chi connectivity index (χ0v) is 22.0. The van der Waals surface area contributed by atoms with Gasteiger partial charge in [0.05, 0.1) is 7.11 Å². The zero-order valence-electron chi connectivity index (χ0n) is 22.0. The maximum atomic E-state index is 12.6. The number of nitrogens with two attached hydrogens (primary N) is 1. The van der Waals surface area contributed by atoms with Crippen molar-refractivity contribution < 1.29 is 14.3 Å². The van der Waals surface area contributed by atoms with Crippen LogP contribution in [0.15, 0.2) is 48.5 Å². The van der Waals surface area contributed by atoms with Gasteiger partial charge < -0.3 is 15.4 Å². The lowest BCUT2D eigenvalue weighted by Gasteiger charge is -2.30. The van der Waals surface area contributed by atoms with Crippen LogP contribution in [0.5, 0.6) is 5.75 Å². The first kappa shape index (κ1) is 26.5. The molecular formula is C29H37N5O3. The van der Waals surface area contributed by atoms with Gasteiger partial charge in [0.2, 0.25) is 5.91 Å². The van der Waals surface area contributed by atoms with Crippen LogP contribution in [0.1, 0.15) is 38.7 Å². The standard InChI is InChI=1S/C29H37N5O3/c1-20(2)17-25(35)19-34-29(24-5-4-6-26(18-24)37-3)31-28(32-34)23-9-7-21(8-10-23)11-14-33-15-12-22(13-16-33)27(30)36/h4-10,18,20,22H,11-17,19H2,1-3H3,(H2,30,36). The molecule has 1 aliphatic heterocycles. The van der Waals surface area contributed by atoms with E-state index in [1.165, 1.54) is 5.56 Å². The number of Topliss-reactive ketones (excluding diaryl/α,β-unsaturated/α-hetero) is 1. The van der Waals surface area contributed by atoms with Crippen LogP contribution in [0.3, 0.4) is 0 Å². The van der Waals surface area contributed by atoms with Gasteiger partial charge in [-0.25, -0.2) is 9.67 Å². The minimum absolute atomic E-state index is 0.0189. The van der Waals surface area contributed by atoms with E-state index in [1.807, 2.05) is 50.2 Å². The lowest BCUT2D eigenvalue weighted by Crippen LogP contribution is -2.39. The first-order valence-electron chi connectivity index (χ1n) is 13.0. The summed E-state index contributed by atoms with van der Waals surface area (Å²) >= 11 is 0. The van der Waals surface area contributed by atoms with Crippen LogP contribution < -0.4 is 10.5 Å². The summed E-state index contributed by atoms with van der Waals surface area (Å²) < 4.78 is 7.10. The number of aromatic nitrogens is 3. The van der Waals surface area contributed by atoms with Gasteiger partial charge in [-0.05, 0) is 56.0 Å². The quantitative estimate of drug-likeness (QED) is 0.425. The zero-order chi connectivity index (χ0) is 26.4. The highest BCUT2D eigenvalue weighted by Gasteiger charge is 2.23. The number of hydrogen-bond acceptors (Lipinski definition) is 6. The van der Waals surface area contributed by atoms with E-state index in [0.29, 0.717) is 18.1 Å². The van der Waals surface area contributed by atoms with Crippen molar-refractivity contribution in [3.8, 4) is 28.5 Å². The Kier molecular flexibility index (Phi) is 8.71. The van der Waals surface area contributed by atoms with Crippen LogP contribution in [0.2, 0.25) is 0 Å². The van der Waals surface area contributed by atoms with Crippen molar-refractivity contribution in [2.45, 2.75) is 46.1 Å². The van der Waals surface area contributed by atoms with Crippen LogP contribution >= 0.6 is 0 Å². The van der Waals surface area contributed by atoms with E-state index >= 15 is 0 Å². The summed E-state index contributed by atoms with van der Waals surface area (Å²) in [5, 5.41) is 4.73. The lowest BCUT2D eigenvalue weighted by molar-refractivity contribution is -0.123. The Morgan fingerprint density at radius 3 is 2.46 bits per heavy atom. The number of amides is 1. The highest BCUT2D eigenvalue weighted by molar-refractivity contribution is 5.79. The van der Waals surface area contributed by atoms with Crippen molar-refractivity contribution in [1.29, 1.82) is 0 Å². The molecule has 1 aromatic heterocycles. The second-order valence-corrected chi connectivity index (χ2v) is 10.3. The molecule has 0 bridgehead atoms. The number of benzene rings is 2. The fourth-order valence-electron chi connectivity index (χ4n) is 4.79. The molecule has 8 heteroatoms. The van der Waals surface area contributed by atoms with E-state index in [-0.39, 0.29) is 30.1 Å². The predicted octanol–water partition coefficient (Wildman–Crippen LogP) is 3.98. The van der Waals surface area contributed by atoms with Gasteiger partial charge in [-0.15, -0.1) is 5.10 Å². The summed E-state index contributed by atoms with van der Waals surface area (Å²) in [5.74, 6) is 2.23.